The van der Waals surface area contributed by atoms with Gasteiger partial charge in [0.2, 0.25) is 5.91 Å². The molecule has 21 heavy (non-hydrogen) atoms. The van der Waals surface area contributed by atoms with Crippen molar-refractivity contribution in [1.29, 1.82) is 0 Å². The molecule has 0 aliphatic rings. The highest BCUT2D eigenvalue weighted by Gasteiger charge is 2.26. The SMILES string of the molecule is CCC(N)C(c1ccc(Cl)cc1)N(CC)CC(=O)N(C)C. The molecule has 1 aromatic rings. The standard InChI is InChI=1S/C16H26ClN3O/c1-5-14(18)16(12-7-9-13(17)10-8-12)20(6-2)11-15(21)19(3)4/h7-10,14,16H,5-6,11,18H2,1-4H3. The number of carbonyl (C=O) groups excluding carboxylic acids is 1. The van der Waals surface area contributed by atoms with Gasteiger partial charge in [0, 0.05) is 25.2 Å². The van der Waals surface area contributed by atoms with Gasteiger partial charge in [-0.3, -0.25) is 9.69 Å². The van der Waals surface area contributed by atoms with Gasteiger partial charge in [-0.15, -0.1) is 0 Å². The van der Waals surface area contributed by atoms with Gasteiger partial charge in [0.15, 0.2) is 0 Å². The topological polar surface area (TPSA) is 49.6 Å². The van der Waals surface area contributed by atoms with Crippen molar-refractivity contribution in [3.63, 3.8) is 0 Å². The first-order chi connectivity index (χ1) is 9.90. The van der Waals surface area contributed by atoms with E-state index in [-0.39, 0.29) is 18.0 Å². The molecule has 0 bridgehead atoms. The van der Waals surface area contributed by atoms with Gasteiger partial charge in [-0.2, -0.15) is 0 Å². The van der Waals surface area contributed by atoms with E-state index < -0.39 is 0 Å². The van der Waals surface area contributed by atoms with Crippen molar-refractivity contribution >= 4 is 17.5 Å². The van der Waals surface area contributed by atoms with Crippen molar-refractivity contribution in [2.75, 3.05) is 27.2 Å². The second-order valence-corrected chi connectivity index (χ2v) is 5.86. The molecule has 0 heterocycles. The van der Waals surface area contributed by atoms with E-state index in [4.69, 9.17) is 17.3 Å². The lowest BCUT2D eigenvalue weighted by molar-refractivity contribution is -0.130. The molecule has 0 aliphatic heterocycles. The first kappa shape index (κ1) is 18.0. The molecule has 2 N–H and O–H groups in total. The molecule has 5 heteroatoms. The van der Waals surface area contributed by atoms with Gasteiger partial charge >= 0.3 is 0 Å². The van der Waals surface area contributed by atoms with Gasteiger partial charge in [0.1, 0.15) is 0 Å². The van der Waals surface area contributed by atoms with E-state index in [0.29, 0.717) is 11.6 Å². The molecule has 1 aromatic carbocycles. The zero-order valence-electron chi connectivity index (χ0n) is 13.3. The maximum atomic E-state index is 12.0. The molecule has 2 atom stereocenters. The number of likely N-dealkylation sites (N-methyl/N-ethyl adjacent to an activating group) is 2. The van der Waals surface area contributed by atoms with Gasteiger partial charge in [-0.25, -0.2) is 0 Å². The van der Waals surface area contributed by atoms with Crippen molar-refractivity contribution in [3.8, 4) is 0 Å². The third kappa shape index (κ3) is 4.99. The Labute approximate surface area is 132 Å². The summed E-state index contributed by atoms with van der Waals surface area (Å²) in [6.45, 7) is 5.24. The number of nitrogens with zero attached hydrogens (tertiary/aromatic N) is 2. The predicted molar refractivity (Wildman–Crippen MR) is 88.4 cm³/mol. The van der Waals surface area contributed by atoms with Crippen LogP contribution in [0.5, 0.6) is 0 Å². The summed E-state index contributed by atoms with van der Waals surface area (Å²) in [5.74, 6) is 0.0825. The fourth-order valence-corrected chi connectivity index (χ4v) is 2.46. The summed E-state index contributed by atoms with van der Waals surface area (Å²) < 4.78 is 0. The largest absolute Gasteiger partial charge is 0.348 e. The van der Waals surface area contributed by atoms with Gasteiger partial charge in [-0.1, -0.05) is 37.6 Å². The summed E-state index contributed by atoms with van der Waals surface area (Å²) >= 11 is 5.96. The summed E-state index contributed by atoms with van der Waals surface area (Å²) in [5.41, 5.74) is 7.42. The highest BCUT2D eigenvalue weighted by molar-refractivity contribution is 6.30. The van der Waals surface area contributed by atoms with E-state index in [1.165, 1.54) is 0 Å². The first-order valence-corrected chi connectivity index (χ1v) is 7.73. The molecular formula is C16H26ClN3O. The van der Waals surface area contributed by atoms with Crippen molar-refractivity contribution in [3.05, 3.63) is 34.9 Å². The Bertz CT molecular complexity index is 447. The van der Waals surface area contributed by atoms with Crippen molar-refractivity contribution in [2.45, 2.75) is 32.4 Å². The van der Waals surface area contributed by atoms with Gasteiger partial charge in [-0.05, 0) is 30.7 Å². The van der Waals surface area contributed by atoms with Gasteiger partial charge in [0.05, 0.1) is 12.6 Å². The lowest BCUT2D eigenvalue weighted by Crippen LogP contribution is -2.45. The number of benzene rings is 1. The van der Waals surface area contributed by atoms with Gasteiger partial charge < -0.3 is 10.6 Å². The number of nitrogens with two attached hydrogens (primary N) is 1. The molecule has 0 aromatic heterocycles. The Kier molecular flexibility index (Phi) is 7.15. The molecular weight excluding hydrogens is 286 g/mol. The van der Waals surface area contributed by atoms with Crippen molar-refractivity contribution < 1.29 is 4.79 Å². The highest BCUT2D eigenvalue weighted by atomic mass is 35.5. The quantitative estimate of drug-likeness (QED) is 0.842. The van der Waals surface area contributed by atoms with Crippen LogP contribution in [0.2, 0.25) is 5.02 Å². The molecule has 0 radical (unpaired) electrons. The van der Waals surface area contributed by atoms with Crippen LogP contribution in [0.4, 0.5) is 0 Å². The second-order valence-electron chi connectivity index (χ2n) is 5.42. The Morgan fingerprint density at radius 3 is 2.24 bits per heavy atom. The lowest BCUT2D eigenvalue weighted by Gasteiger charge is -2.35. The fourth-order valence-electron chi connectivity index (χ4n) is 2.33. The van der Waals surface area contributed by atoms with Crippen LogP contribution < -0.4 is 5.73 Å². The van der Waals surface area contributed by atoms with E-state index >= 15 is 0 Å². The monoisotopic (exact) mass is 311 g/mol. The maximum Gasteiger partial charge on any atom is 0.236 e. The Balaban J connectivity index is 3.04. The van der Waals surface area contributed by atoms with Crippen LogP contribution in [0.3, 0.4) is 0 Å². The Hall–Kier alpha value is -1.10. The predicted octanol–water partition coefficient (Wildman–Crippen LogP) is 2.53. The summed E-state index contributed by atoms with van der Waals surface area (Å²) in [7, 11) is 3.54. The number of hydrogen-bond acceptors (Lipinski definition) is 3. The fraction of sp³-hybridized carbons (Fsp3) is 0.562. The van der Waals surface area contributed by atoms with E-state index in [0.717, 1.165) is 18.5 Å². The number of amides is 1. The Morgan fingerprint density at radius 1 is 1.24 bits per heavy atom. The normalized spacial score (nSPS) is 14.0. The zero-order valence-corrected chi connectivity index (χ0v) is 14.1. The third-order valence-electron chi connectivity index (χ3n) is 3.73. The molecule has 2 unspecified atom stereocenters. The number of rotatable bonds is 7. The summed E-state index contributed by atoms with van der Waals surface area (Å²) in [6.07, 6.45) is 0.847. The van der Waals surface area contributed by atoms with E-state index in [9.17, 15) is 4.79 Å². The van der Waals surface area contributed by atoms with Gasteiger partial charge in [0.25, 0.3) is 0 Å². The minimum absolute atomic E-state index is 0.0150. The third-order valence-corrected chi connectivity index (χ3v) is 3.98. The average molecular weight is 312 g/mol. The molecule has 1 amide bonds. The molecule has 0 aliphatic carbocycles. The maximum absolute atomic E-state index is 12.0. The highest BCUT2D eigenvalue weighted by Crippen LogP contribution is 2.26. The van der Waals surface area contributed by atoms with Crippen LogP contribution in [-0.2, 0) is 4.79 Å². The Morgan fingerprint density at radius 2 is 1.81 bits per heavy atom. The summed E-state index contributed by atoms with van der Waals surface area (Å²) in [6, 6.07) is 7.71. The van der Waals surface area contributed by atoms with Crippen LogP contribution in [0.1, 0.15) is 31.9 Å². The summed E-state index contributed by atoms with van der Waals surface area (Å²) in [5, 5.41) is 0.704. The van der Waals surface area contributed by atoms with Crippen LogP contribution >= 0.6 is 11.6 Å². The van der Waals surface area contributed by atoms with Crippen LogP contribution in [0.25, 0.3) is 0 Å². The average Bonchev–Trinajstić information content (AvgIpc) is 2.47. The van der Waals surface area contributed by atoms with Crippen molar-refractivity contribution in [2.24, 2.45) is 5.73 Å². The minimum atomic E-state index is -0.0268. The first-order valence-electron chi connectivity index (χ1n) is 7.35. The molecule has 0 spiro atoms. The number of halogens is 1. The zero-order chi connectivity index (χ0) is 16.0. The molecule has 118 valence electrons. The number of hydrogen-bond donors (Lipinski definition) is 1. The summed E-state index contributed by atoms with van der Waals surface area (Å²) in [4.78, 5) is 15.8. The van der Waals surface area contributed by atoms with Crippen molar-refractivity contribution in [1.82, 2.24) is 9.80 Å². The molecule has 0 fully saturated rings. The van der Waals surface area contributed by atoms with Crippen LogP contribution in [-0.4, -0.2) is 48.9 Å². The molecule has 0 saturated carbocycles. The lowest BCUT2D eigenvalue weighted by atomic mass is 9.96. The van der Waals surface area contributed by atoms with Crippen LogP contribution in [0, 0.1) is 0 Å². The van der Waals surface area contributed by atoms with E-state index in [1.54, 1.807) is 19.0 Å². The smallest absolute Gasteiger partial charge is 0.236 e. The molecule has 4 nitrogen and oxygen atoms in total. The van der Waals surface area contributed by atoms with Crippen LogP contribution in [0.15, 0.2) is 24.3 Å². The van der Waals surface area contributed by atoms with E-state index in [1.807, 2.05) is 31.2 Å². The molecule has 1 rings (SSSR count). The molecule has 0 saturated heterocycles. The second kappa shape index (κ2) is 8.37. The van der Waals surface area contributed by atoms with E-state index in [2.05, 4.69) is 11.8 Å². The number of carbonyl (C=O) groups is 1. The minimum Gasteiger partial charge on any atom is -0.348 e.